The monoisotopic (exact) mass is 440 g/mol. The molecule has 9 heteroatoms. The van der Waals surface area contributed by atoms with Gasteiger partial charge < -0.3 is 34.2 Å². The molecule has 0 aliphatic carbocycles. The quantitative estimate of drug-likeness (QED) is 0.225. The number of nitrogens with zero attached hydrogens (tertiary/aromatic N) is 1. The van der Waals surface area contributed by atoms with Crippen LogP contribution in [0.5, 0.6) is 0 Å². The molecule has 18 heavy (non-hydrogen) atoms. The number of β-lactam (4-membered cyclic amide) rings is 1. The summed E-state index contributed by atoms with van der Waals surface area (Å²) in [7, 11) is 1.44. The fourth-order valence-corrected chi connectivity index (χ4v) is 1.46. The van der Waals surface area contributed by atoms with Gasteiger partial charge in [0.25, 0.3) is 0 Å². The number of rotatable bonds is 7. The molecule has 0 radical (unpaired) electrons. The molecule has 1 amide bonds. The van der Waals surface area contributed by atoms with E-state index in [1.165, 1.54) is 7.11 Å². The van der Waals surface area contributed by atoms with E-state index in [9.17, 15) is 24.6 Å². The van der Waals surface area contributed by atoms with Gasteiger partial charge in [-0.2, -0.15) is 0 Å². The van der Waals surface area contributed by atoms with E-state index in [1.54, 1.807) is 0 Å². The number of amides is 1. The summed E-state index contributed by atoms with van der Waals surface area (Å²) in [6, 6.07) is 0. The van der Waals surface area contributed by atoms with E-state index in [1.807, 2.05) is 0 Å². The van der Waals surface area contributed by atoms with Gasteiger partial charge in [-0.15, -0.1) is 0 Å². The number of aliphatic carboxylic acids is 2. The molecule has 1 rings (SSSR count). The Bertz CT molecular complexity index is 332. The standard InChI is InChI=1S/C9H13NO7.Pt/c1-16-2-3-17-5-10-6(11)4-9(10,7(12)13)8(14)15;/h2-5H2,1H3,(H,12,13)(H,14,15);/q;+2/p-2. The average Bonchev–Trinajstić information content (AvgIpc) is 2.24. The van der Waals surface area contributed by atoms with Crippen LogP contribution in [0.1, 0.15) is 6.42 Å². The van der Waals surface area contributed by atoms with Gasteiger partial charge in [-0.05, 0) is 0 Å². The summed E-state index contributed by atoms with van der Waals surface area (Å²) in [5.74, 6) is -4.41. The molecule has 8 nitrogen and oxygen atoms in total. The Hall–Kier alpha value is -0.982. The fraction of sp³-hybridized carbons (Fsp3) is 0.667. The van der Waals surface area contributed by atoms with Crippen molar-refractivity contribution in [3.05, 3.63) is 0 Å². The number of ether oxygens (including phenoxy) is 2. The zero-order chi connectivity index (χ0) is 13.1. The number of carboxylic acids is 2. The topological polar surface area (TPSA) is 119 Å². The molecule has 1 heterocycles. The molecule has 0 saturated carbocycles. The fourth-order valence-electron chi connectivity index (χ4n) is 1.46. The summed E-state index contributed by atoms with van der Waals surface area (Å²) in [5, 5.41) is 21.6. The van der Waals surface area contributed by atoms with Gasteiger partial charge in [0, 0.05) is 7.11 Å². The summed E-state index contributed by atoms with van der Waals surface area (Å²) in [6.45, 7) is -0.105. The van der Waals surface area contributed by atoms with Crippen molar-refractivity contribution >= 4 is 17.8 Å². The second-order valence-corrected chi connectivity index (χ2v) is 3.46. The molecule has 104 valence electrons. The molecule has 1 aliphatic heterocycles. The van der Waals surface area contributed by atoms with E-state index >= 15 is 0 Å². The number of likely N-dealkylation sites (tertiary alicyclic amines) is 1. The van der Waals surface area contributed by atoms with Crippen LogP contribution < -0.4 is 10.2 Å². The van der Waals surface area contributed by atoms with Gasteiger partial charge in [-0.25, -0.2) is 0 Å². The van der Waals surface area contributed by atoms with Crippen molar-refractivity contribution < 1.29 is 55.1 Å². The van der Waals surface area contributed by atoms with Gasteiger partial charge in [0.1, 0.15) is 12.3 Å². The van der Waals surface area contributed by atoms with Crippen LogP contribution in [0.25, 0.3) is 0 Å². The maximum Gasteiger partial charge on any atom is 2.00 e. The average molecular weight is 440 g/mol. The Labute approximate surface area is 117 Å². The van der Waals surface area contributed by atoms with Crippen LogP contribution in [-0.4, -0.2) is 55.3 Å². The Morgan fingerprint density at radius 3 is 2.28 bits per heavy atom. The van der Waals surface area contributed by atoms with Crippen molar-refractivity contribution in [3.63, 3.8) is 0 Å². The van der Waals surface area contributed by atoms with Crippen LogP contribution in [-0.2, 0) is 44.9 Å². The molecule has 0 N–H and O–H groups in total. The maximum atomic E-state index is 11.2. The number of methoxy groups -OCH3 is 1. The zero-order valence-electron chi connectivity index (χ0n) is 9.45. The Balaban J connectivity index is 0.00000289. The van der Waals surface area contributed by atoms with E-state index in [2.05, 4.69) is 4.74 Å². The zero-order valence-corrected chi connectivity index (χ0v) is 11.7. The van der Waals surface area contributed by atoms with Crippen molar-refractivity contribution in [1.29, 1.82) is 0 Å². The van der Waals surface area contributed by atoms with Gasteiger partial charge in [-0.3, -0.25) is 4.79 Å². The summed E-state index contributed by atoms with van der Waals surface area (Å²) in [4.78, 5) is 33.3. The molecular weight excluding hydrogens is 429 g/mol. The van der Waals surface area contributed by atoms with Gasteiger partial charge in [-0.1, -0.05) is 0 Å². The third-order valence-electron chi connectivity index (χ3n) is 2.50. The molecule has 1 saturated heterocycles. The van der Waals surface area contributed by atoms with Crippen molar-refractivity contribution in [1.82, 2.24) is 4.90 Å². The number of carboxylic acid groups (broad SMARTS) is 2. The third kappa shape index (κ3) is 2.88. The van der Waals surface area contributed by atoms with Crippen molar-refractivity contribution in [3.8, 4) is 0 Å². The first-order chi connectivity index (χ1) is 7.96. The minimum absolute atomic E-state index is 0. The van der Waals surface area contributed by atoms with E-state index in [0.29, 0.717) is 4.90 Å². The van der Waals surface area contributed by atoms with E-state index < -0.39 is 36.5 Å². The number of hydrogen-bond donors (Lipinski definition) is 0. The van der Waals surface area contributed by atoms with Crippen molar-refractivity contribution in [2.45, 2.75) is 12.0 Å². The van der Waals surface area contributed by atoms with Crippen molar-refractivity contribution in [2.75, 3.05) is 27.1 Å². The van der Waals surface area contributed by atoms with Crippen LogP contribution in [0, 0.1) is 0 Å². The number of carbonyl (C=O) groups is 3. The second kappa shape index (κ2) is 6.82. The van der Waals surface area contributed by atoms with Crippen LogP contribution in [0.3, 0.4) is 0 Å². The molecule has 0 unspecified atom stereocenters. The molecule has 0 aromatic rings. The Morgan fingerprint density at radius 2 is 1.89 bits per heavy atom. The molecule has 1 aliphatic rings. The van der Waals surface area contributed by atoms with Gasteiger partial charge in [0.15, 0.2) is 0 Å². The smallest absolute Gasteiger partial charge is 0.547 e. The molecule has 1 fully saturated rings. The molecule has 0 aromatic carbocycles. The first-order valence-electron chi connectivity index (χ1n) is 4.77. The predicted molar refractivity (Wildman–Crippen MR) is 46.9 cm³/mol. The summed E-state index contributed by atoms with van der Waals surface area (Å²) in [5.41, 5.74) is -2.41. The molecular formula is C9H11NO7Pt. The Morgan fingerprint density at radius 1 is 1.33 bits per heavy atom. The largest absolute Gasteiger partial charge is 2.00 e. The molecule has 0 bridgehead atoms. The van der Waals surface area contributed by atoms with Crippen LogP contribution in [0.15, 0.2) is 0 Å². The van der Waals surface area contributed by atoms with E-state index in [-0.39, 0.29) is 34.3 Å². The summed E-state index contributed by atoms with van der Waals surface area (Å²) >= 11 is 0. The molecule has 0 aromatic heterocycles. The van der Waals surface area contributed by atoms with Crippen molar-refractivity contribution in [2.24, 2.45) is 0 Å². The Kier molecular flexibility index (Phi) is 6.45. The molecule has 0 spiro atoms. The SMILES string of the molecule is COCCOCN1C(=O)CC1(C(=O)[O-])C(=O)[O-].[Pt+2]. The number of hydrogen-bond acceptors (Lipinski definition) is 7. The summed E-state index contributed by atoms with van der Waals surface area (Å²) in [6.07, 6.45) is -0.675. The maximum absolute atomic E-state index is 11.2. The van der Waals surface area contributed by atoms with Crippen LogP contribution in [0.2, 0.25) is 0 Å². The first kappa shape index (κ1) is 17.0. The van der Waals surface area contributed by atoms with E-state index in [0.717, 1.165) is 0 Å². The minimum atomic E-state index is -2.41. The number of carbonyl (C=O) groups excluding carboxylic acids is 3. The second-order valence-electron chi connectivity index (χ2n) is 3.46. The third-order valence-corrected chi connectivity index (χ3v) is 2.50. The van der Waals surface area contributed by atoms with E-state index in [4.69, 9.17) is 4.74 Å². The van der Waals surface area contributed by atoms with Crippen LogP contribution in [0.4, 0.5) is 0 Å². The normalized spacial score (nSPS) is 16.7. The first-order valence-corrected chi connectivity index (χ1v) is 4.77. The van der Waals surface area contributed by atoms with Gasteiger partial charge >= 0.3 is 21.1 Å². The predicted octanol–water partition coefficient (Wildman–Crippen LogP) is -3.92. The minimum Gasteiger partial charge on any atom is -0.547 e. The van der Waals surface area contributed by atoms with Gasteiger partial charge in [0.2, 0.25) is 5.91 Å². The van der Waals surface area contributed by atoms with Gasteiger partial charge in [0.05, 0.1) is 31.6 Å². The van der Waals surface area contributed by atoms with Crippen LogP contribution >= 0.6 is 0 Å². The summed E-state index contributed by atoms with van der Waals surface area (Å²) < 4.78 is 9.57. The molecule has 0 atom stereocenters.